The molecular weight excluding hydrogens is 263 g/mol. The van der Waals surface area contributed by atoms with Crippen LogP contribution in [-0.4, -0.2) is 0 Å². The standard InChI is InChI=1S/C16H14F3N/c17-12-8-14(19)15(9-13(12)18)20-16(11-6-7-11)10-4-2-1-3-5-10/h1-5,8-9,11,16,20H,6-7H2. The van der Waals surface area contributed by atoms with Gasteiger partial charge in [-0.1, -0.05) is 30.3 Å². The van der Waals surface area contributed by atoms with Crippen LogP contribution in [-0.2, 0) is 0 Å². The highest BCUT2D eigenvalue weighted by Crippen LogP contribution is 2.43. The molecule has 104 valence electrons. The topological polar surface area (TPSA) is 12.0 Å². The highest BCUT2D eigenvalue weighted by Gasteiger charge is 2.32. The lowest BCUT2D eigenvalue weighted by molar-refractivity contribution is 0.495. The second-order valence-electron chi connectivity index (χ2n) is 5.12. The van der Waals surface area contributed by atoms with Crippen LogP contribution in [0, 0.1) is 23.4 Å². The van der Waals surface area contributed by atoms with Crippen molar-refractivity contribution in [2.45, 2.75) is 18.9 Å². The van der Waals surface area contributed by atoms with E-state index in [0.29, 0.717) is 12.0 Å². The first-order valence-corrected chi connectivity index (χ1v) is 6.61. The second kappa shape index (κ2) is 5.19. The van der Waals surface area contributed by atoms with Gasteiger partial charge in [-0.05, 0) is 24.3 Å². The summed E-state index contributed by atoms with van der Waals surface area (Å²) in [6, 6.07) is 11.0. The third-order valence-electron chi connectivity index (χ3n) is 3.57. The molecule has 1 fully saturated rings. The molecule has 1 unspecified atom stereocenters. The van der Waals surface area contributed by atoms with Crippen LogP contribution in [0.5, 0.6) is 0 Å². The summed E-state index contributed by atoms with van der Waals surface area (Å²) in [6.07, 6.45) is 2.11. The number of halogens is 3. The Kier molecular flexibility index (Phi) is 3.38. The molecule has 1 aliphatic carbocycles. The third-order valence-corrected chi connectivity index (χ3v) is 3.57. The summed E-state index contributed by atoms with van der Waals surface area (Å²) in [7, 11) is 0. The van der Waals surface area contributed by atoms with E-state index in [9.17, 15) is 13.2 Å². The molecule has 0 saturated heterocycles. The molecule has 2 aromatic carbocycles. The zero-order valence-corrected chi connectivity index (χ0v) is 10.7. The first kappa shape index (κ1) is 13.0. The van der Waals surface area contributed by atoms with E-state index in [4.69, 9.17) is 0 Å². The summed E-state index contributed by atoms with van der Waals surface area (Å²) in [4.78, 5) is 0. The van der Waals surface area contributed by atoms with Gasteiger partial charge in [-0.25, -0.2) is 13.2 Å². The molecule has 0 radical (unpaired) electrons. The van der Waals surface area contributed by atoms with Gasteiger partial charge in [0.05, 0.1) is 11.7 Å². The van der Waals surface area contributed by atoms with Crippen LogP contribution in [0.1, 0.15) is 24.4 Å². The summed E-state index contributed by atoms with van der Waals surface area (Å²) in [5.74, 6) is -2.58. The zero-order chi connectivity index (χ0) is 14.1. The fourth-order valence-corrected chi connectivity index (χ4v) is 2.36. The number of hydrogen-bond acceptors (Lipinski definition) is 1. The summed E-state index contributed by atoms with van der Waals surface area (Å²) >= 11 is 0. The van der Waals surface area contributed by atoms with E-state index in [0.717, 1.165) is 24.5 Å². The van der Waals surface area contributed by atoms with Crippen molar-refractivity contribution in [1.29, 1.82) is 0 Å². The number of benzene rings is 2. The van der Waals surface area contributed by atoms with Gasteiger partial charge in [-0.2, -0.15) is 0 Å². The highest BCUT2D eigenvalue weighted by molar-refractivity contribution is 5.48. The Labute approximate surface area is 115 Å². The number of nitrogens with one attached hydrogen (secondary N) is 1. The first-order chi connectivity index (χ1) is 9.65. The van der Waals surface area contributed by atoms with Crippen molar-refractivity contribution in [2.24, 2.45) is 5.92 Å². The Balaban J connectivity index is 1.89. The predicted octanol–water partition coefficient (Wildman–Crippen LogP) is 4.67. The van der Waals surface area contributed by atoms with Crippen LogP contribution in [0.2, 0.25) is 0 Å². The van der Waals surface area contributed by atoms with Gasteiger partial charge in [0.15, 0.2) is 11.6 Å². The molecule has 1 aliphatic rings. The highest BCUT2D eigenvalue weighted by atomic mass is 19.2. The van der Waals surface area contributed by atoms with E-state index in [1.165, 1.54) is 0 Å². The van der Waals surface area contributed by atoms with E-state index < -0.39 is 17.5 Å². The Bertz CT molecular complexity index is 609. The number of hydrogen-bond donors (Lipinski definition) is 1. The van der Waals surface area contributed by atoms with Crippen LogP contribution >= 0.6 is 0 Å². The summed E-state index contributed by atoms with van der Waals surface area (Å²) in [5, 5.41) is 3.01. The van der Waals surface area contributed by atoms with Gasteiger partial charge in [0.2, 0.25) is 0 Å². The van der Waals surface area contributed by atoms with Crippen LogP contribution < -0.4 is 5.32 Å². The van der Waals surface area contributed by atoms with Gasteiger partial charge < -0.3 is 5.32 Å². The molecule has 1 nitrogen and oxygen atoms in total. The van der Waals surface area contributed by atoms with Crippen LogP contribution in [0.3, 0.4) is 0 Å². The molecule has 1 atom stereocenters. The molecule has 1 saturated carbocycles. The molecular formula is C16H14F3N. The van der Waals surface area contributed by atoms with Gasteiger partial charge in [0.25, 0.3) is 0 Å². The van der Waals surface area contributed by atoms with Crippen molar-refractivity contribution in [3.8, 4) is 0 Å². The van der Waals surface area contributed by atoms with Crippen LogP contribution in [0.25, 0.3) is 0 Å². The van der Waals surface area contributed by atoms with Gasteiger partial charge in [-0.3, -0.25) is 0 Å². The fourth-order valence-electron chi connectivity index (χ4n) is 2.36. The Morgan fingerprint density at radius 3 is 2.20 bits per heavy atom. The van der Waals surface area contributed by atoms with Crippen molar-refractivity contribution >= 4 is 5.69 Å². The van der Waals surface area contributed by atoms with E-state index in [2.05, 4.69) is 5.32 Å². The molecule has 20 heavy (non-hydrogen) atoms. The van der Waals surface area contributed by atoms with Gasteiger partial charge >= 0.3 is 0 Å². The molecule has 0 aliphatic heterocycles. The summed E-state index contributed by atoms with van der Waals surface area (Å²) < 4.78 is 39.9. The third kappa shape index (κ3) is 2.64. The fraction of sp³-hybridized carbons (Fsp3) is 0.250. The monoisotopic (exact) mass is 277 g/mol. The zero-order valence-electron chi connectivity index (χ0n) is 10.7. The first-order valence-electron chi connectivity index (χ1n) is 6.61. The predicted molar refractivity (Wildman–Crippen MR) is 71.8 cm³/mol. The Morgan fingerprint density at radius 2 is 1.55 bits per heavy atom. The molecule has 0 bridgehead atoms. The van der Waals surface area contributed by atoms with E-state index in [-0.39, 0.29) is 11.7 Å². The van der Waals surface area contributed by atoms with Gasteiger partial charge in [-0.15, -0.1) is 0 Å². The molecule has 2 aromatic rings. The van der Waals surface area contributed by atoms with E-state index >= 15 is 0 Å². The lowest BCUT2D eigenvalue weighted by atomic mass is 10.0. The minimum atomic E-state index is -1.17. The average Bonchev–Trinajstić information content (AvgIpc) is 3.27. The Hall–Kier alpha value is -1.97. The van der Waals surface area contributed by atoms with Crippen molar-refractivity contribution in [3.63, 3.8) is 0 Å². The molecule has 0 aromatic heterocycles. The molecule has 0 heterocycles. The average molecular weight is 277 g/mol. The SMILES string of the molecule is Fc1cc(F)c(NC(c2ccccc2)C2CC2)cc1F. The summed E-state index contributed by atoms with van der Waals surface area (Å²) in [5.41, 5.74) is 1.03. The van der Waals surface area contributed by atoms with E-state index in [1.54, 1.807) is 0 Å². The Morgan fingerprint density at radius 1 is 0.900 bits per heavy atom. The van der Waals surface area contributed by atoms with Crippen molar-refractivity contribution in [1.82, 2.24) is 0 Å². The number of rotatable bonds is 4. The molecule has 3 rings (SSSR count). The summed E-state index contributed by atoms with van der Waals surface area (Å²) in [6.45, 7) is 0. The van der Waals surface area contributed by atoms with E-state index in [1.807, 2.05) is 30.3 Å². The quantitative estimate of drug-likeness (QED) is 0.801. The second-order valence-corrected chi connectivity index (χ2v) is 5.12. The normalized spacial score (nSPS) is 15.9. The van der Waals surface area contributed by atoms with Crippen molar-refractivity contribution in [2.75, 3.05) is 5.32 Å². The minimum Gasteiger partial charge on any atom is -0.376 e. The molecule has 0 spiro atoms. The molecule has 0 amide bonds. The van der Waals surface area contributed by atoms with Crippen LogP contribution in [0.15, 0.2) is 42.5 Å². The number of anilines is 1. The van der Waals surface area contributed by atoms with Crippen molar-refractivity contribution in [3.05, 3.63) is 65.5 Å². The lowest BCUT2D eigenvalue weighted by Crippen LogP contribution is -2.14. The minimum absolute atomic E-state index is 0.00431. The molecule has 4 heteroatoms. The largest absolute Gasteiger partial charge is 0.376 e. The van der Waals surface area contributed by atoms with Gasteiger partial charge in [0, 0.05) is 12.1 Å². The maximum atomic E-state index is 13.7. The molecule has 1 N–H and O–H groups in total. The van der Waals surface area contributed by atoms with Gasteiger partial charge in [0.1, 0.15) is 5.82 Å². The smallest absolute Gasteiger partial charge is 0.161 e. The van der Waals surface area contributed by atoms with Crippen molar-refractivity contribution < 1.29 is 13.2 Å². The lowest BCUT2D eigenvalue weighted by Gasteiger charge is -2.20. The maximum absolute atomic E-state index is 13.7. The van der Waals surface area contributed by atoms with Crippen LogP contribution in [0.4, 0.5) is 18.9 Å². The maximum Gasteiger partial charge on any atom is 0.161 e.